The molecule has 9 heteroatoms. The van der Waals surface area contributed by atoms with Crippen LogP contribution in [0.5, 0.6) is 0 Å². The van der Waals surface area contributed by atoms with Gasteiger partial charge in [0, 0.05) is 4.88 Å². The van der Waals surface area contributed by atoms with Gasteiger partial charge in [-0.2, -0.15) is 0 Å². The Kier molecular flexibility index (Phi) is 4.94. The molecule has 2 amide bonds. The van der Waals surface area contributed by atoms with Crippen LogP contribution in [0.15, 0.2) is 57.6 Å². The smallest absolute Gasteiger partial charge is 0.266 e. The number of nitrogens with one attached hydrogen (secondary N) is 1. The summed E-state index contributed by atoms with van der Waals surface area (Å²) in [6.07, 6.45) is 0. The molecule has 0 radical (unpaired) electrons. The van der Waals surface area contributed by atoms with Gasteiger partial charge < -0.3 is 11.1 Å². The number of carbonyl (C=O) groups excluding carboxylic acids is 2. The lowest BCUT2D eigenvalue weighted by Gasteiger charge is -2.02. The lowest BCUT2D eigenvalue weighted by atomic mass is 10.3. The van der Waals surface area contributed by atoms with Crippen LogP contribution in [0, 0.1) is 6.92 Å². The van der Waals surface area contributed by atoms with Crippen LogP contribution < -0.4 is 11.1 Å². The Hall–Kier alpha value is -2.49. The van der Waals surface area contributed by atoms with E-state index in [-0.39, 0.29) is 19.7 Å². The Morgan fingerprint density at radius 3 is 2.31 bits per heavy atom. The standard InChI is InChI=1S/C17H14N2O4S3/c1-10-7-8-13(24-10)16(21)19-17-12(15(18)20)9-14(25-17)26(22,23)11-5-3-2-4-6-11/h2-9H,1H3,(H2,18,20)(H,19,21). The predicted molar refractivity (Wildman–Crippen MR) is 102 cm³/mol. The number of rotatable bonds is 5. The molecular formula is C17H14N2O4S3. The van der Waals surface area contributed by atoms with Crippen LogP contribution in [0.2, 0.25) is 0 Å². The molecule has 0 unspecified atom stereocenters. The Bertz CT molecular complexity index is 1080. The summed E-state index contributed by atoms with van der Waals surface area (Å²) in [5.74, 6) is -1.23. The molecule has 0 bridgehead atoms. The first-order valence-electron chi connectivity index (χ1n) is 7.40. The van der Waals surface area contributed by atoms with Crippen molar-refractivity contribution in [3.63, 3.8) is 0 Å². The molecule has 26 heavy (non-hydrogen) atoms. The molecule has 3 rings (SSSR count). The van der Waals surface area contributed by atoms with E-state index in [1.54, 1.807) is 30.3 Å². The highest BCUT2D eigenvalue weighted by molar-refractivity contribution is 7.93. The Balaban J connectivity index is 1.99. The van der Waals surface area contributed by atoms with Crippen molar-refractivity contribution in [1.82, 2.24) is 0 Å². The molecule has 134 valence electrons. The third-order valence-electron chi connectivity index (χ3n) is 3.48. The second kappa shape index (κ2) is 7.02. The first-order valence-corrected chi connectivity index (χ1v) is 10.5. The molecule has 3 aromatic rings. The summed E-state index contributed by atoms with van der Waals surface area (Å²) in [6.45, 7) is 1.87. The maximum Gasteiger partial charge on any atom is 0.266 e. The highest BCUT2D eigenvalue weighted by Gasteiger charge is 2.25. The number of amides is 2. The highest BCUT2D eigenvalue weighted by Crippen LogP contribution is 2.35. The number of aryl methyl sites for hydroxylation is 1. The number of carbonyl (C=O) groups is 2. The summed E-state index contributed by atoms with van der Waals surface area (Å²) in [5, 5.41) is 2.70. The van der Waals surface area contributed by atoms with Gasteiger partial charge in [-0.1, -0.05) is 18.2 Å². The monoisotopic (exact) mass is 406 g/mol. The maximum atomic E-state index is 12.7. The zero-order chi connectivity index (χ0) is 18.9. The molecule has 0 aliphatic heterocycles. The third-order valence-corrected chi connectivity index (χ3v) is 7.78. The van der Waals surface area contributed by atoms with Crippen molar-refractivity contribution < 1.29 is 18.0 Å². The van der Waals surface area contributed by atoms with E-state index in [1.165, 1.54) is 29.5 Å². The Labute approximate surface area is 158 Å². The molecule has 1 aromatic carbocycles. The summed E-state index contributed by atoms with van der Waals surface area (Å²) < 4.78 is 25.4. The number of hydrogen-bond acceptors (Lipinski definition) is 6. The van der Waals surface area contributed by atoms with E-state index >= 15 is 0 Å². The minimum absolute atomic E-state index is 0.0360. The molecule has 0 fully saturated rings. The average molecular weight is 407 g/mol. The van der Waals surface area contributed by atoms with Crippen molar-refractivity contribution in [3.05, 3.63) is 63.8 Å². The normalized spacial score (nSPS) is 11.3. The largest absolute Gasteiger partial charge is 0.366 e. The minimum atomic E-state index is -3.81. The van der Waals surface area contributed by atoms with Gasteiger partial charge in [0.05, 0.1) is 15.3 Å². The number of hydrogen-bond donors (Lipinski definition) is 2. The highest BCUT2D eigenvalue weighted by atomic mass is 32.2. The van der Waals surface area contributed by atoms with Crippen LogP contribution >= 0.6 is 22.7 Å². The van der Waals surface area contributed by atoms with Crippen molar-refractivity contribution in [3.8, 4) is 0 Å². The van der Waals surface area contributed by atoms with Crippen molar-refractivity contribution in [2.24, 2.45) is 5.73 Å². The van der Waals surface area contributed by atoms with E-state index < -0.39 is 21.7 Å². The van der Waals surface area contributed by atoms with Gasteiger partial charge in [0.25, 0.3) is 11.8 Å². The number of sulfone groups is 1. The van der Waals surface area contributed by atoms with E-state index in [4.69, 9.17) is 5.73 Å². The Morgan fingerprint density at radius 2 is 1.73 bits per heavy atom. The zero-order valence-electron chi connectivity index (χ0n) is 13.6. The zero-order valence-corrected chi connectivity index (χ0v) is 16.0. The van der Waals surface area contributed by atoms with Gasteiger partial charge in [0.15, 0.2) is 0 Å². The van der Waals surface area contributed by atoms with Crippen molar-refractivity contribution in [2.45, 2.75) is 16.0 Å². The molecule has 2 aromatic heterocycles. The summed E-state index contributed by atoms with van der Waals surface area (Å²) in [5.41, 5.74) is 5.32. The molecule has 0 saturated carbocycles. The van der Waals surface area contributed by atoms with E-state index in [2.05, 4.69) is 5.32 Å². The number of thiophene rings is 2. The van der Waals surface area contributed by atoms with Crippen LogP contribution in [0.1, 0.15) is 24.9 Å². The molecule has 0 atom stereocenters. The minimum Gasteiger partial charge on any atom is -0.366 e. The van der Waals surface area contributed by atoms with Gasteiger partial charge in [-0.15, -0.1) is 22.7 Å². The van der Waals surface area contributed by atoms with E-state index in [1.807, 2.05) is 6.92 Å². The molecule has 2 heterocycles. The summed E-state index contributed by atoms with van der Waals surface area (Å²) in [6, 6.07) is 12.5. The lowest BCUT2D eigenvalue weighted by Crippen LogP contribution is -2.15. The quantitative estimate of drug-likeness (QED) is 0.678. The van der Waals surface area contributed by atoms with E-state index in [9.17, 15) is 18.0 Å². The van der Waals surface area contributed by atoms with Crippen LogP contribution in [0.4, 0.5) is 5.00 Å². The molecular weight excluding hydrogens is 392 g/mol. The van der Waals surface area contributed by atoms with E-state index in [0.717, 1.165) is 16.2 Å². The average Bonchev–Trinajstić information content (AvgIpc) is 3.22. The van der Waals surface area contributed by atoms with E-state index in [0.29, 0.717) is 4.88 Å². The molecule has 0 aliphatic carbocycles. The molecule has 3 N–H and O–H groups in total. The van der Waals surface area contributed by atoms with Gasteiger partial charge in [0.1, 0.15) is 9.21 Å². The summed E-state index contributed by atoms with van der Waals surface area (Å²) in [4.78, 5) is 25.6. The second-order valence-electron chi connectivity index (χ2n) is 5.35. The predicted octanol–water partition coefficient (Wildman–Crippen LogP) is 3.30. The van der Waals surface area contributed by atoms with Crippen LogP contribution in [0.3, 0.4) is 0 Å². The summed E-state index contributed by atoms with van der Waals surface area (Å²) >= 11 is 2.10. The van der Waals surface area contributed by atoms with Gasteiger partial charge in [-0.05, 0) is 37.3 Å². The van der Waals surface area contributed by atoms with Gasteiger partial charge in [-0.25, -0.2) is 8.42 Å². The molecule has 0 saturated heterocycles. The topological polar surface area (TPSA) is 106 Å². The fourth-order valence-corrected chi connectivity index (χ4v) is 5.77. The Morgan fingerprint density at radius 1 is 1.04 bits per heavy atom. The summed E-state index contributed by atoms with van der Waals surface area (Å²) in [7, 11) is -3.81. The lowest BCUT2D eigenvalue weighted by molar-refractivity contribution is 0.100. The SMILES string of the molecule is Cc1ccc(C(=O)Nc2sc(S(=O)(=O)c3ccccc3)cc2C(N)=O)s1. The first kappa shape index (κ1) is 18.3. The first-order chi connectivity index (χ1) is 12.3. The fourth-order valence-electron chi connectivity index (χ4n) is 2.21. The third kappa shape index (κ3) is 3.55. The van der Waals surface area contributed by atoms with Gasteiger partial charge >= 0.3 is 0 Å². The number of anilines is 1. The van der Waals surface area contributed by atoms with Gasteiger partial charge in [0.2, 0.25) is 9.84 Å². The molecule has 0 aliphatic rings. The molecule has 0 spiro atoms. The van der Waals surface area contributed by atoms with Crippen molar-refractivity contribution in [2.75, 3.05) is 5.32 Å². The van der Waals surface area contributed by atoms with Gasteiger partial charge in [-0.3, -0.25) is 9.59 Å². The van der Waals surface area contributed by atoms with Crippen LogP contribution in [-0.2, 0) is 9.84 Å². The van der Waals surface area contributed by atoms with Crippen LogP contribution in [-0.4, -0.2) is 20.2 Å². The molecule has 6 nitrogen and oxygen atoms in total. The van der Waals surface area contributed by atoms with Crippen molar-refractivity contribution >= 4 is 49.3 Å². The number of nitrogens with two attached hydrogens (primary N) is 1. The second-order valence-corrected chi connectivity index (χ2v) is 9.87. The van der Waals surface area contributed by atoms with Crippen LogP contribution in [0.25, 0.3) is 0 Å². The number of primary amides is 1. The van der Waals surface area contributed by atoms with Crippen molar-refractivity contribution in [1.29, 1.82) is 0 Å². The fraction of sp³-hybridized carbons (Fsp3) is 0.0588. The number of benzene rings is 1. The maximum absolute atomic E-state index is 12.7.